The Balaban J connectivity index is 2.38. The number of ether oxygens (including phenoxy) is 1. The summed E-state index contributed by atoms with van der Waals surface area (Å²) in [5, 5.41) is 18.3. The van der Waals surface area contributed by atoms with Crippen LogP contribution in [-0.4, -0.2) is 35.6 Å². The van der Waals surface area contributed by atoms with E-state index in [4.69, 9.17) is 9.94 Å². The summed E-state index contributed by atoms with van der Waals surface area (Å²) in [6, 6.07) is 5.40. The molecule has 0 aromatic heterocycles. The van der Waals surface area contributed by atoms with Gasteiger partial charge in [0.1, 0.15) is 12.4 Å². The molecule has 1 aliphatic heterocycles. The zero-order valence-corrected chi connectivity index (χ0v) is 10.1. The summed E-state index contributed by atoms with van der Waals surface area (Å²) in [7, 11) is 0. The highest BCUT2D eigenvalue weighted by molar-refractivity contribution is 5.66. The molecule has 5 nitrogen and oxygen atoms in total. The van der Waals surface area contributed by atoms with Crippen LogP contribution < -0.4 is 15.1 Å². The van der Waals surface area contributed by atoms with Crippen LogP contribution in [0, 0.1) is 0 Å². The summed E-state index contributed by atoms with van der Waals surface area (Å²) in [5.41, 5.74) is 3.30. The minimum absolute atomic E-state index is 0.0758. The Morgan fingerprint density at radius 1 is 1.47 bits per heavy atom. The molecule has 0 atom stereocenters. The average molecular weight is 238 g/mol. The van der Waals surface area contributed by atoms with E-state index in [0.717, 1.165) is 18.0 Å². The Morgan fingerprint density at radius 3 is 2.88 bits per heavy atom. The average Bonchev–Trinajstić information content (AvgIpc) is 2.37. The predicted molar refractivity (Wildman–Crippen MR) is 65.9 cm³/mol. The molecule has 0 unspecified atom stereocenters. The number of nitrogens with zero attached hydrogens (tertiary/aromatic N) is 1. The van der Waals surface area contributed by atoms with Gasteiger partial charge in [0.15, 0.2) is 0 Å². The number of benzene rings is 1. The molecule has 0 saturated carbocycles. The highest BCUT2D eigenvalue weighted by Gasteiger charge is 2.30. The van der Waals surface area contributed by atoms with Crippen LogP contribution in [0.3, 0.4) is 0 Å². The van der Waals surface area contributed by atoms with Gasteiger partial charge in [-0.25, -0.2) is 0 Å². The molecule has 0 fully saturated rings. The van der Waals surface area contributed by atoms with Crippen molar-refractivity contribution >= 4 is 11.4 Å². The van der Waals surface area contributed by atoms with Crippen molar-refractivity contribution in [3.63, 3.8) is 0 Å². The first-order chi connectivity index (χ1) is 8.08. The van der Waals surface area contributed by atoms with Gasteiger partial charge in [-0.15, -0.1) is 0 Å². The fourth-order valence-corrected chi connectivity index (χ4v) is 2.00. The van der Waals surface area contributed by atoms with Crippen molar-refractivity contribution in [2.75, 3.05) is 30.1 Å². The molecule has 0 spiro atoms. The molecule has 1 aliphatic rings. The summed E-state index contributed by atoms with van der Waals surface area (Å²) >= 11 is 0. The van der Waals surface area contributed by atoms with E-state index in [1.54, 1.807) is 12.1 Å². The molecule has 0 radical (unpaired) electrons. The maximum atomic E-state index is 9.44. The lowest BCUT2D eigenvalue weighted by Crippen LogP contribution is -2.50. The third-order valence-electron chi connectivity index (χ3n) is 3.07. The zero-order chi connectivity index (χ0) is 12.5. The second-order valence-corrected chi connectivity index (χ2v) is 4.76. The fourth-order valence-electron chi connectivity index (χ4n) is 2.00. The smallest absolute Gasteiger partial charge is 0.144 e. The van der Waals surface area contributed by atoms with Gasteiger partial charge in [0, 0.05) is 6.07 Å². The molecule has 2 rings (SSSR count). The first-order valence-electron chi connectivity index (χ1n) is 5.64. The monoisotopic (exact) mass is 238 g/mol. The van der Waals surface area contributed by atoms with E-state index in [-0.39, 0.29) is 12.1 Å². The van der Waals surface area contributed by atoms with Crippen molar-refractivity contribution in [2.24, 2.45) is 0 Å². The zero-order valence-electron chi connectivity index (χ0n) is 10.1. The summed E-state index contributed by atoms with van der Waals surface area (Å²) in [4.78, 5) is 2.12. The Hall–Kier alpha value is -1.46. The first kappa shape index (κ1) is 12.0. The SMILES string of the molecule is CC(C)(CO)N1CCOc2cc(NO)ccc21. The number of nitrogens with one attached hydrogen (secondary N) is 1. The summed E-state index contributed by atoms with van der Waals surface area (Å²) in [6.07, 6.45) is 0. The van der Waals surface area contributed by atoms with Crippen molar-refractivity contribution < 1.29 is 15.1 Å². The van der Waals surface area contributed by atoms with E-state index in [0.29, 0.717) is 12.3 Å². The Morgan fingerprint density at radius 2 is 2.24 bits per heavy atom. The molecule has 94 valence electrons. The first-order valence-corrected chi connectivity index (χ1v) is 5.64. The molecule has 1 aromatic carbocycles. The van der Waals surface area contributed by atoms with E-state index >= 15 is 0 Å². The maximum absolute atomic E-state index is 9.44. The van der Waals surface area contributed by atoms with E-state index in [9.17, 15) is 5.11 Å². The standard InChI is InChI=1S/C12H18N2O3/c1-12(2,8-15)14-5-6-17-11-7-9(13-16)3-4-10(11)14/h3-4,7,13,15-16H,5-6,8H2,1-2H3. The number of anilines is 2. The van der Waals surface area contributed by atoms with Gasteiger partial charge in [-0.1, -0.05) is 0 Å². The van der Waals surface area contributed by atoms with Crippen LogP contribution in [0.1, 0.15) is 13.8 Å². The fraction of sp³-hybridized carbons (Fsp3) is 0.500. The highest BCUT2D eigenvalue weighted by Crippen LogP contribution is 2.37. The molecule has 1 aromatic rings. The molecule has 0 amide bonds. The maximum Gasteiger partial charge on any atom is 0.144 e. The molecular formula is C12H18N2O3. The lowest BCUT2D eigenvalue weighted by Gasteiger charge is -2.42. The van der Waals surface area contributed by atoms with Crippen molar-refractivity contribution in [2.45, 2.75) is 19.4 Å². The number of aliphatic hydroxyl groups excluding tert-OH is 1. The third-order valence-corrected chi connectivity index (χ3v) is 3.07. The van der Waals surface area contributed by atoms with Crippen molar-refractivity contribution in [3.05, 3.63) is 18.2 Å². The lowest BCUT2D eigenvalue weighted by molar-refractivity contribution is 0.197. The topological polar surface area (TPSA) is 65.0 Å². The number of rotatable bonds is 3. The summed E-state index contributed by atoms with van der Waals surface area (Å²) in [6.45, 7) is 5.37. The molecular weight excluding hydrogens is 220 g/mol. The molecule has 3 N–H and O–H groups in total. The summed E-state index contributed by atoms with van der Waals surface area (Å²) in [5.74, 6) is 0.719. The Kier molecular flexibility index (Phi) is 3.13. The van der Waals surface area contributed by atoms with Crippen molar-refractivity contribution in [1.82, 2.24) is 0 Å². The number of hydrogen-bond donors (Lipinski definition) is 3. The molecule has 1 heterocycles. The molecule has 0 saturated heterocycles. The van der Waals surface area contributed by atoms with Crippen molar-refractivity contribution in [3.8, 4) is 5.75 Å². The Labute approximate surface area is 101 Å². The quantitative estimate of drug-likeness (QED) is 0.696. The van der Waals surface area contributed by atoms with E-state index < -0.39 is 0 Å². The van der Waals surface area contributed by atoms with Crippen LogP contribution in [0.15, 0.2) is 18.2 Å². The van der Waals surface area contributed by atoms with Crippen molar-refractivity contribution in [1.29, 1.82) is 0 Å². The van der Waals surface area contributed by atoms with Crippen LogP contribution >= 0.6 is 0 Å². The van der Waals surface area contributed by atoms with Crippen LogP contribution in [0.2, 0.25) is 0 Å². The van der Waals surface area contributed by atoms with Gasteiger partial charge in [0.2, 0.25) is 0 Å². The van der Waals surface area contributed by atoms with Crippen LogP contribution in [0.25, 0.3) is 0 Å². The minimum Gasteiger partial charge on any atom is -0.489 e. The normalized spacial score (nSPS) is 15.2. The highest BCUT2D eigenvalue weighted by atomic mass is 16.5. The van der Waals surface area contributed by atoms with Gasteiger partial charge in [0.05, 0.1) is 30.1 Å². The molecule has 0 aliphatic carbocycles. The second-order valence-electron chi connectivity index (χ2n) is 4.76. The Bertz CT molecular complexity index is 407. The predicted octanol–water partition coefficient (Wildman–Crippen LogP) is 1.46. The third kappa shape index (κ3) is 2.16. The van der Waals surface area contributed by atoms with E-state index in [1.165, 1.54) is 0 Å². The number of fused-ring (bicyclic) bond motifs is 1. The van der Waals surface area contributed by atoms with Gasteiger partial charge < -0.3 is 14.7 Å². The van der Waals surface area contributed by atoms with Gasteiger partial charge in [-0.05, 0) is 26.0 Å². The van der Waals surface area contributed by atoms with Gasteiger partial charge >= 0.3 is 0 Å². The molecule has 17 heavy (non-hydrogen) atoms. The van der Waals surface area contributed by atoms with Crippen LogP contribution in [-0.2, 0) is 0 Å². The molecule has 5 heteroatoms. The summed E-state index contributed by atoms with van der Waals surface area (Å²) < 4.78 is 5.56. The second kappa shape index (κ2) is 4.43. The van der Waals surface area contributed by atoms with Gasteiger partial charge in [-0.3, -0.25) is 10.7 Å². The van der Waals surface area contributed by atoms with E-state index in [1.807, 2.05) is 19.9 Å². The molecule has 0 bridgehead atoms. The van der Waals surface area contributed by atoms with Gasteiger partial charge in [-0.2, -0.15) is 0 Å². The van der Waals surface area contributed by atoms with Crippen LogP contribution in [0.5, 0.6) is 5.75 Å². The van der Waals surface area contributed by atoms with E-state index in [2.05, 4.69) is 10.4 Å². The largest absolute Gasteiger partial charge is 0.489 e. The number of aliphatic hydroxyl groups is 1. The number of hydrogen-bond acceptors (Lipinski definition) is 5. The van der Waals surface area contributed by atoms with Gasteiger partial charge in [0.25, 0.3) is 0 Å². The minimum atomic E-state index is -0.327. The van der Waals surface area contributed by atoms with Crippen LogP contribution in [0.4, 0.5) is 11.4 Å². The lowest BCUT2D eigenvalue weighted by atomic mass is 10.0.